The molecule has 0 aromatic heterocycles. The van der Waals surface area contributed by atoms with Crippen LogP contribution >= 0.6 is 0 Å². The van der Waals surface area contributed by atoms with Crippen LogP contribution in [0.2, 0.25) is 0 Å². The molecule has 0 aliphatic carbocycles. The van der Waals surface area contributed by atoms with Gasteiger partial charge in [-0.1, -0.05) is 6.92 Å². The van der Waals surface area contributed by atoms with Gasteiger partial charge in [0.2, 0.25) is 0 Å². The third kappa shape index (κ3) is 1.94. The summed E-state index contributed by atoms with van der Waals surface area (Å²) in [5, 5.41) is 0. The van der Waals surface area contributed by atoms with Crippen LogP contribution in [0.3, 0.4) is 0 Å². The maximum Gasteiger partial charge on any atom is 0.253 e. The summed E-state index contributed by atoms with van der Waals surface area (Å²) in [6, 6.07) is 0.392. The molecule has 0 aromatic rings. The molecule has 0 bridgehead atoms. The van der Waals surface area contributed by atoms with Gasteiger partial charge in [-0.15, -0.1) is 0 Å². The predicted molar refractivity (Wildman–Crippen MR) is 45.4 cm³/mol. The van der Waals surface area contributed by atoms with Gasteiger partial charge in [-0.05, 0) is 13.8 Å². The van der Waals surface area contributed by atoms with Gasteiger partial charge in [-0.25, -0.2) is 8.78 Å². The van der Waals surface area contributed by atoms with Gasteiger partial charge in [-0.2, -0.15) is 0 Å². The lowest BCUT2D eigenvalue weighted by atomic mass is 9.95. The molecule has 1 saturated heterocycles. The second kappa shape index (κ2) is 3.29. The van der Waals surface area contributed by atoms with Gasteiger partial charge in [0.15, 0.2) is 0 Å². The molecule has 0 aromatic carbocycles. The molecule has 1 atom stereocenters. The number of hydrogen-bond acceptors (Lipinski definition) is 1. The summed E-state index contributed by atoms with van der Waals surface area (Å²) in [5.74, 6) is -2.93. The lowest BCUT2D eigenvalue weighted by Crippen LogP contribution is -2.48. The van der Waals surface area contributed by atoms with Gasteiger partial charge < -0.3 is 4.90 Å². The molecule has 0 spiro atoms. The van der Waals surface area contributed by atoms with Crippen LogP contribution in [0.5, 0.6) is 0 Å². The van der Waals surface area contributed by atoms with Crippen molar-refractivity contribution in [3.05, 3.63) is 0 Å². The highest BCUT2D eigenvalue weighted by Crippen LogP contribution is 2.33. The average Bonchev–Trinajstić information content (AvgIpc) is 1.94. The SMILES string of the molecule is CC(C)N1CCC(F)(F)[C@H](C)C1. The van der Waals surface area contributed by atoms with E-state index in [-0.39, 0.29) is 6.42 Å². The standard InChI is InChI=1S/C9H17F2N/c1-7(2)12-5-4-9(10,11)8(3)6-12/h7-8H,4-6H2,1-3H3/t8-/m1/s1. The van der Waals surface area contributed by atoms with Gasteiger partial charge in [0, 0.05) is 31.5 Å². The first-order chi connectivity index (χ1) is 5.43. The number of hydrogen-bond donors (Lipinski definition) is 0. The minimum Gasteiger partial charge on any atom is -0.300 e. The van der Waals surface area contributed by atoms with Crippen molar-refractivity contribution in [3.8, 4) is 0 Å². The summed E-state index contributed by atoms with van der Waals surface area (Å²) in [4.78, 5) is 2.11. The van der Waals surface area contributed by atoms with Crippen molar-refractivity contribution >= 4 is 0 Å². The van der Waals surface area contributed by atoms with Gasteiger partial charge in [0.05, 0.1) is 0 Å². The maximum atomic E-state index is 13.0. The number of rotatable bonds is 1. The molecule has 0 amide bonds. The molecule has 1 aliphatic rings. The minimum atomic E-state index is -2.44. The Morgan fingerprint density at radius 2 is 2.00 bits per heavy atom. The van der Waals surface area contributed by atoms with Crippen molar-refractivity contribution in [1.29, 1.82) is 0 Å². The molecule has 0 unspecified atom stereocenters. The summed E-state index contributed by atoms with van der Waals surface area (Å²) < 4.78 is 26.0. The van der Waals surface area contributed by atoms with Crippen LogP contribution in [-0.4, -0.2) is 30.0 Å². The Kier molecular flexibility index (Phi) is 2.71. The van der Waals surface area contributed by atoms with Gasteiger partial charge in [-0.3, -0.25) is 0 Å². The average molecular weight is 177 g/mol. The fourth-order valence-electron chi connectivity index (χ4n) is 1.58. The van der Waals surface area contributed by atoms with Crippen LogP contribution in [0.1, 0.15) is 27.2 Å². The Hall–Kier alpha value is -0.180. The number of halogens is 2. The van der Waals surface area contributed by atoms with E-state index < -0.39 is 11.8 Å². The van der Waals surface area contributed by atoms with Crippen LogP contribution in [0, 0.1) is 5.92 Å². The van der Waals surface area contributed by atoms with E-state index >= 15 is 0 Å². The van der Waals surface area contributed by atoms with Crippen LogP contribution in [0.25, 0.3) is 0 Å². The Labute approximate surface area is 72.7 Å². The van der Waals surface area contributed by atoms with Gasteiger partial charge in [0.25, 0.3) is 5.92 Å². The van der Waals surface area contributed by atoms with E-state index in [0.29, 0.717) is 19.1 Å². The molecule has 1 rings (SSSR count). The van der Waals surface area contributed by atoms with Crippen LogP contribution in [0.15, 0.2) is 0 Å². The highest BCUT2D eigenvalue weighted by atomic mass is 19.3. The fraction of sp³-hybridized carbons (Fsp3) is 1.00. The third-order valence-electron chi connectivity index (χ3n) is 2.69. The zero-order valence-corrected chi connectivity index (χ0v) is 7.98. The highest BCUT2D eigenvalue weighted by molar-refractivity contribution is 4.84. The Bertz CT molecular complexity index is 157. The van der Waals surface area contributed by atoms with E-state index in [1.54, 1.807) is 6.92 Å². The number of piperidine rings is 1. The smallest absolute Gasteiger partial charge is 0.253 e. The molecule has 1 heterocycles. The first kappa shape index (κ1) is 9.90. The van der Waals surface area contributed by atoms with Gasteiger partial charge in [0.1, 0.15) is 0 Å². The van der Waals surface area contributed by atoms with Crippen molar-refractivity contribution in [1.82, 2.24) is 4.90 Å². The normalized spacial score (nSPS) is 31.0. The van der Waals surface area contributed by atoms with Crippen LogP contribution in [0.4, 0.5) is 8.78 Å². The van der Waals surface area contributed by atoms with Crippen molar-refractivity contribution < 1.29 is 8.78 Å². The minimum absolute atomic E-state index is 0.0202. The Morgan fingerprint density at radius 3 is 2.42 bits per heavy atom. The van der Waals surface area contributed by atoms with Crippen molar-refractivity contribution in [2.75, 3.05) is 13.1 Å². The van der Waals surface area contributed by atoms with Crippen LogP contribution < -0.4 is 0 Å². The second-order valence-corrected chi connectivity index (χ2v) is 4.00. The number of nitrogens with zero attached hydrogens (tertiary/aromatic N) is 1. The second-order valence-electron chi connectivity index (χ2n) is 4.00. The van der Waals surface area contributed by atoms with Crippen molar-refractivity contribution in [2.45, 2.75) is 39.2 Å². The summed E-state index contributed by atoms with van der Waals surface area (Å²) in [7, 11) is 0. The molecule has 0 radical (unpaired) electrons. The lowest BCUT2D eigenvalue weighted by molar-refractivity contribution is -0.104. The first-order valence-electron chi connectivity index (χ1n) is 4.55. The summed E-state index contributed by atoms with van der Waals surface area (Å²) >= 11 is 0. The van der Waals surface area contributed by atoms with Crippen molar-refractivity contribution in [2.24, 2.45) is 5.92 Å². The molecule has 0 N–H and O–H groups in total. The zero-order chi connectivity index (χ0) is 9.35. The molecular formula is C9H17F2N. The maximum absolute atomic E-state index is 13.0. The van der Waals surface area contributed by atoms with E-state index in [1.807, 2.05) is 0 Å². The molecule has 72 valence electrons. The molecule has 0 saturated carbocycles. The number of alkyl halides is 2. The van der Waals surface area contributed by atoms with E-state index in [1.165, 1.54) is 0 Å². The topological polar surface area (TPSA) is 3.24 Å². The van der Waals surface area contributed by atoms with E-state index in [4.69, 9.17) is 0 Å². The lowest BCUT2D eigenvalue weighted by Gasteiger charge is -2.38. The predicted octanol–water partition coefficient (Wildman–Crippen LogP) is 2.37. The Morgan fingerprint density at radius 1 is 1.42 bits per heavy atom. The van der Waals surface area contributed by atoms with E-state index in [9.17, 15) is 8.78 Å². The molecule has 12 heavy (non-hydrogen) atoms. The largest absolute Gasteiger partial charge is 0.300 e. The first-order valence-corrected chi connectivity index (χ1v) is 4.55. The molecule has 3 heteroatoms. The summed E-state index contributed by atoms with van der Waals surface area (Å²) in [6.45, 7) is 6.81. The Balaban J connectivity index is 2.52. The van der Waals surface area contributed by atoms with Gasteiger partial charge >= 0.3 is 0 Å². The molecule has 1 aliphatic heterocycles. The number of likely N-dealkylation sites (tertiary alicyclic amines) is 1. The zero-order valence-electron chi connectivity index (χ0n) is 7.98. The summed E-state index contributed by atoms with van der Waals surface area (Å²) in [5.41, 5.74) is 0. The molecule has 1 fully saturated rings. The van der Waals surface area contributed by atoms with E-state index in [2.05, 4.69) is 18.7 Å². The van der Waals surface area contributed by atoms with Crippen LogP contribution in [-0.2, 0) is 0 Å². The quantitative estimate of drug-likeness (QED) is 0.594. The molecule has 1 nitrogen and oxygen atoms in total. The molecular weight excluding hydrogens is 160 g/mol. The third-order valence-corrected chi connectivity index (χ3v) is 2.69. The van der Waals surface area contributed by atoms with E-state index in [0.717, 1.165) is 0 Å². The highest BCUT2D eigenvalue weighted by Gasteiger charge is 2.41. The van der Waals surface area contributed by atoms with Crippen molar-refractivity contribution in [3.63, 3.8) is 0 Å². The summed E-state index contributed by atoms with van der Waals surface area (Å²) in [6.07, 6.45) is 0.0202. The monoisotopic (exact) mass is 177 g/mol. The fourth-order valence-corrected chi connectivity index (χ4v) is 1.58.